The lowest BCUT2D eigenvalue weighted by atomic mass is 9.96. The number of aliphatic hydroxyl groups is 1. The van der Waals surface area contributed by atoms with Gasteiger partial charge in [0.15, 0.2) is 24.8 Å². The van der Waals surface area contributed by atoms with E-state index in [9.17, 15) is 53.9 Å². The van der Waals surface area contributed by atoms with Crippen LogP contribution in [-0.2, 0) is 77.0 Å². The van der Waals surface area contributed by atoms with E-state index in [-0.39, 0.29) is 19.8 Å². The molecule has 10 atom stereocenters. The summed E-state index contributed by atoms with van der Waals surface area (Å²) in [6.07, 6.45) is -20.4. The molecule has 2 aliphatic heterocycles. The minimum atomic E-state index is -5.42. The number of hydrogen-bond donors (Lipinski definition) is 5. The second-order valence-electron chi connectivity index (χ2n) is 8.39. The molecule has 2 saturated heterocycles. The Kier molecular flexibility index (Phi) is 13.4. The van der Waals surface area contributed by atoms with Crippen LogP contribution in [0.15, 0.2) is 0 Å². The lowest BCUT2D eigenvalue weighted by Gasteiger charge is -2.47. The highest BCUT2D eigenvalue weighted by molar-refractivity contribution is 7.81. The van der Waals surface area contributed by atoms with Crippen molar-refractivity contribution in [1.82, 2.24) is 0 Å². The maximum Gasteiger partial charge on any atom is 0.397 e. The second-order valence-corrected chi connectivity index (χ2v) is 11.5. The Morgan fingerprint density at radius 3 is 1.67 bits per heavy atom. The third kappa shape index (κ3) is 10.8. The fraction of sp³-hybridized carbons (Fsp3) is 0.944. The van der Waals surface area contributed by atoms with E-state index in [0.717, 1.165) is 0 Å². The summed E-state index contributed by atoms with van der Waals surface area (Å²) in [6.45, 7) is 3.07. The van der Waals surface area contributed by atoms with Gasteiger partial charge in [0, 0.05) is 19.8 Å². The van der Waals surface area contributed by atoms with Crippen molar-refractivity contribution in [2.45, 2.75) is 82.2 Å². The smallest absolute Gasteiger partial charge is 0.397 e. The lowest BCUT2D eigenvalue weighted by molar-refractivity contribution is -0.352. The Hall–Kier alpha value is -1.20. The van der Waals surface area contributed by atoms with Crippen molar-refractivity contribution in [1.29, 1.82) is 0 Å². The van der Waals surface area contributed by atoms with Gasteiger partial charge in [-0.25, -0.2) is 17.3 Å². The van der Waals surface area contributed by atoms with E-state index in [0.29, 0.717) is 0 Å². The van der Waals surface area contributed by atoms with E-state index < -0.39 is 105 Å². The molecule has 0 aromatic heterocycles. The molecule has 2 rings (SSSR count). The van der Waals surface area contributed by atoms with Crippen LogP contribution >= 0.6 is 0 Å². The molecule has 0 aromatic carbocycles. The normalized spacial score (nSPS) is 34.7. The van der Waals surface area contributed by atoms with Gasteiger partial charge in [-0.1, -0.05) is 0 Å². The molecule has 0 amide bonds. The Balaban J connectivity index is 2.65. The van der Waals surface area contributed by atoms with Crippen molar-refractivity contribution in [2.24, 2.45) is 0 Å². The lowest BCUT2D eigenvalue weighted by Crippen LogP contribution is -2.67. The van der Waals surface area contributed by atoms with Crippen LogP contribution < -0.4 is 0 Å². The quantitative estimate of drug-likeness (QED) is 0.104. The Morgan fingerprint density at radius 1 is 0.690 bits per heavy atom. The molecule has 42 heavy (non-hydrogen) atoms. The number of aliphatic hydroxyl groups excluding tert-OH is 1. The first-order valence-electron chi connectivity index (χ1n) is 12.0. The molecule has 0 unspecified atom stereocenters. The number of carboxylic acids is 1. The molecule has 248 valence electrons. The molecule has 21 nitrogen and oxygen atoms in total. The molecule has 2 fully saturated rings. The van der Waals surface area contributed by atoms with E-state index in [1.165, 1.54) is 20.8 Å². The molecular formula is C18H32O21S3. The second kappa shape index (κ2) is 15.2. The van der Waals surface area contributed by atoms with E-state index in [2.05, 4.69) is 12.5 Å². The zero-order valence-electron chi connectivity index (χ0n) is 22.1. The van der Waals surface area contributed by atoms with Crippen molar-refractivity contribution < 1.29 is 94.9 Å². The Bertz CT molecular complexity index is 1200. The summed E-state index contributed by atoms with van der Waals surface area (Å²) in [5.41, 5.74) is 0. The van der Waals surface area contributed by atoms with Gasteiger partial charge in [0.05, 0.1) is 6.61 Å². The van der Waals surface area contributed by atoms with Gasteiger partial charge in [-0.3, -0.25) is 13.7 Å². The number of aliphatic carboxylic acids is 1. The molecule has 0 radical (unpaired) electrons. The molecule has 0 saturated carbocycles. The number of hydrogen-bond acceptors (Lipinski definition) is 17. The largest absolute Gasteiger partial charge is 0.479 e. The van der Waals surface area contributed by atoms with Crippen molar-refractivity contribution in [2.75, 3.05) is 26.4 Å². The third-order valence-electron chi connectivity index (χ3n) is 5.54. The predicted molar refractivity (Wildman–Crippen MR) is 129 cm³/mol. The highest BCUT2D eigenvalue weighted by Gasteiger charge is 2.57. The SMILES string of the molecule is CCOC[C@H]1O[C@@H](O[C@H]2[C@H](OCC)[C@@H](OS(=O)(=O)O)[C@H](O)O[C@H]2C(=O)O)[C@H](OCC)[C@@H](OS(=O)(=O)O)[C@@H]1OS(=O)(=O)O. The van der Waals surface area contributed by atoms with Gasteiger partial charge in [0.2, 0.25) is 0 Å². The van der Waals surface area contributed by atoms with Gasteiger partial charge in [0.25, 0.3) is 0 Å². The topological polar surface area (TPSA) is 304 Å². The van der Waals surface area contributed by atoms with Crippen LogP contribution in [0.4, 0.5) is 0 Å². The molecule has 0 aliphatic carbocycles. The van der Waals surface area contributed by atoms with Crippen LogP contribution in [0.25, 0.3) is 0 Å². The molecule has 24 heteroatoms. The van der Waals surface area contributed by atoms with Gasteiger partial charge >= 0.3 is 37.2 Å². The summed E-state index contributed by atoms with van der Waals surface area (Å²) in [7, 11) is -16.1. The van der Waals surface area contributed by atoms with Crippen molar-refractivity contribution in [3.05, 3.63) is 0 Å². The summed E-state index contributed by atoms with van der Waals surface area (Å²) in [5.74, 6) is -1.79. The van der Waals surface area contributed by atoms with Crippen LogP contribution in [0.2, 0.25) is 0 Å². The molecule has 5 N–H and O–H groups in total. The molecule has 2 heterocycles. The average Bonchev–Trinajstić information content (AvgIpc) is 2.82. The van der Waals surface area contributed by atoms with Gasteiger partial charge < -0.3 is 38.6 Å². The van der Waals surface area contributed by atoms with E-state index in [1.807, 2.05) is 0 Å². The van der Waals surface area contributed by atoms with Crippen LogP contribution in [-0.4, -0.2) is 143 Å². The Labute approximate surface area is 240 Å². The van der Waals surface area contributed by atoms with E-state index >= 15 is 0 Å². The fourth-order valence-corrected chi connectivity index (χ4v) is 5.68. The van der Waals surface area contributed by atoms with E-state index in [4.69, 9.17) is 28.4 Å². The average molecular weight is 681 g/mol. The summed E-state index contributed by atoms with van der Waals surface area (Å²) in [4.78, 5) is 12.0. The van der Waals surface area contributed by atoms with Crippen LogP contribution in [0, 0.1) is 0 Å². The first kappa shape index (κ1) is 37.0. The first-order chi connectivity index (χ1) is 19.3. The number of carbonyl (C=O) groups is 1. The van der Waals surface area contributed by atoms with Gasteiger partial charge in [-0.05, 0) is 20.8 Å². The van der Waals surface area contributed by atoms with Crippen LogP contribution in [0.3, 0.4) is 0 Å². The highest BCUT2D eigenvalue weighted by atomic mass is 32.3. The van der Waals surface area contributed by atoms with Gasteiger partial charge in [-0.2, -0.15) is 25.3 Å². The summed E-state index contributed by atoms with van der Waals surface area (Å²) in [6, 6.07) is 0. The molecule has 0 spiro atoms. The van der Waals surface area contributed by atoms with Crippen LogP contribution in [0.5, 0.6) is 0 Å². The number of rotatable bonds is 16. The molecule has 0 bridgehead atoms. The van der Waals surface area contributed by atoms with Gasteiger partial charge in [-0.15, -0.1) is 0 Å². The van der Waals surface area contributed by atoms with Crippen molar-refractivity contribution in [3.8, 4) is 0 Å². The number of carboxylic acid groups (broad SMARTS) is 1. The first-order valence-corrected chi connectivity index (χ1v) is 16.1. The number of ether oxygens (including phenoxy) is 6. The molecule has 0 aromatic rings. The zero-order valence-corrected chi connectivity index (χ0v) is 24.5. The predicted octanol–water partition coefficient (Wildman–Crippen LogP) is -2.69. The summed E-state index contributed by atoms with van der Waals surface area (Å²) in [5, 5.41) is 20.0. The minimum Gasteiger partial charge on any atom is -0.479 e. The summed E-state index contributed by atoms with van der Waals surface area (Å²) >= 11 is 0. The van der Waals surface area contributed by atoms with Crippen molar-refractivity contribution in [3.63, 3.8) is 0 Å². The highest BCUT2D eigenvalue weighted by Crippen LogP contribution is 2.35. The van der Waals surface area contributed by atoms with Gasteiger partial charge in [0.1, 0.15) is 36.6 Å². The standard InChI is InChI=1S/C18H32O21S3/c1-4-31-7-8-9(37-40(22,23)24)12(38-41(25,26)27)15(33-6-3)18(34-8)36-11-10(32-5-2)14(39-42(28,29)30)17(21)35-13(11)16(19)20/h8-15,17-18,21H,4-7H2,1-3H3,(H,19,20)(H,22,23,24)(H,25,26,27)(H,28,29,30)/t8-,9-,10+,11+,12+,13-,14-,15-,17-,18+/m1/s1. The maximum absolute atomic E-state index is 12.0. The zero-order chi connectivity index (χ0) is 32.0. The third-order valence-corrected chi connectivity index (χ3v) is 6.94. The Morgan fingerprint density at radius 2 is 1.19 bits per heavy atom. The fourth-order valence-electron chi connectivity index (χ4n) is 4.18. The molecular weight excluding hydrogens is 648 g/mol. The van der Waals surface area contributed by atoms with Crippen LogP contribution in [0.1, 0.15) is 20.8 Å². The van der Waals surface area contributed by atoms with Crippen molar-refractivity contribution >= 4 is 37.2 Å². The maximum atomic E-state index is 12.0. The van der Waals surface area contributed by atoms with E-state index in [1.54, 1.807) is 0 Å². The monoisotopic (exact) mass is 680 g/mol. The summed E-state index contributed by atoms with van der Waals surface area (Å²) < 4.78 is 143. The minimum absolute atomic E-state index is 0.0147. The molecule has 2 aliphatic rings.